The minimum atomic E-state index is -5.87. The van der Waals surface area contributed by atoms with Gasteiger partial charge >= 0.3 is 6.18 Å². The Morgan fingerprint density at radius 3 is 2.19 bits per heavy atom. The molecule has 2 aromatic rings. The first-order valence-electron chi connectivity index (χ1n) is 9.59. The highest BCUT2D eigenvalue weighted by Gasteiger charge is 2.71. The summed E-state index contributed by atoms with van der Waals surface area (Å²) >= 11 is 0. The van der Waals surface area contributed by atoms with Crippen LogP contribution in [0.4, 0.5) is 26.3 Å². The summed E-state index contributed by atoms with van der Waals surface area (Å²) in [6.07, 6.45) is -4.85. The minimum Gasteiger partial charge on any atom is -0.327 e. The van der Waals surface area contributed by atoms with Gasteiger partial charge in [-0.15, -0.1) is 0 Å². The molecule has 0 bridgehead atoms. The van der Waals surface area contributed by atoms with E-state index in [1.54, 1.807) is 0 Å². The van der Waals surface area contributed by atoms with E-state index in [0.717, 1.165) is 17.2 Å². The lowest BCUT2D eigenvalue weighted by Gasteiger charge is -2.38. The number of rotatable bonds is 7. The molecule has 1 aliphatic rings. The summed E-state index contributed by atoms with van der Waals surface area (Å²) in [6, 6.07) is 1.36. The van der Waals surface area contributed by atoms with Crippen LogP contribution in [-0.2, 0) is 16.9 Å². The van der Waals surface area contributed by atoms with Gasteiger partial charge in [-0.2, -0.15) is 13.2 Å². The molecule has 176 valence electrons. The highest BCUT2D eigenvalue weighted by atomic mass is 32.2. The molecular weight excluding hydrogens is 460 g/mol. The van der Waals surface area contributed by atoms with E-state index in [2.05, 4.69) is 9.97 Å². The van der Waals surface area contributed by atoms with Crippen LogP contribution in [0.5, 0.6) is 0 Å². The number of hydrogen-bond donors (Lipinski definition) is 0. The van der Waals surface area contributed by atoms with Gasteiger partial charge in [-0.05, 0) is 37.5 Å². The third-order valence-corrected chi connectivity index (χ3v) is 7.21. The molecule has 0 saturated heterocycles. The fraction of sp³-hybridized carbons (Fsp3) is 0.500. The Morgan fingerprint density at radius 2 is 1.72 bits per heavy atom. The van der Waals surface area contributed by atoms with Crippen molar-refractivity contribution in [2.24, 2.45) is 7.05 Å². The van der Waals surface area contributed by atoms with Gasteiger partial charge in [0.2, 0.25) is 0 Å². The molecule has 0 saturated carbocycles. The van der Waals surface area contributed by atoms with Crippen LogP contribution < -0.4 is 0 Å². The first-order chi connectivity index (χ1) is 14.6. The summed E-state index contributed by atoms with van der Waals surface area (Å²) in [7, 11) is -2.78. The van der Waals surface area contributed by atoms with Crippen molar-refractivity contribution < 1.29 is 34.8 Å². The fourth-order valence-corrected chi connectivity index (χ4v) is 4.39. The van der Waals surface area contributed by atoms with Crippen LogP contribution in [0.15, 0.2) is 29.4 Å². The van der Waals surface area contributed by atoms with Crippen LogP contribution in [-0.4, -0.2) is 46.2 Å². The van der Waals surface area contributed by atoms with Gasteiger partial charge in [-0.25, -0.2) is 26.6 Å². The van der Waals surface area contributed by atoms with E-state index < -0.39 is 39.2 Å². The second-order valence-corrected chi connectivity index (χ2v) is 10.3. The van der Waals surface area contributed by atoms with Gasteiger partial charge < -0.3 is 4.57 Å². The third kappa shape index (κ3) is 3.82. The molecule has 0 spiro atoms. The maximum absolute atomic E-state index is 15.0. The first-order valence-corrected chi connectivity index (χ1v) is 11.2. The quantitative estimate of drug-likeness (QED) is 0.517. The SMILES string of the molecule is CCS(=O)(=O)c1cc(C2=CC2)cnc1-c1ncc([C@@H](F)C(F)(C(C)(C)F)C(F)(F)F)n1C. The lowest BCUT2D eigenvalue weighted by Crippen LogP contribution is -2.57. The first kappa shape index (κ1) is 24.3. The monoisotopic (exact) mass is 481 g/mol. The van der Waals surface area contributed by atoms with Crippen LogP contribution in [0, 0.1) is 0 Å². The van der Waals surface area contributed by atoms with Crippen LogP contribution >= 0.6 is 0 Å². The molecule has 0 aliphatic heterocycles. The molecule has 0 N–H and O–H groups in total. The van der Waals surface area contributed by atoms with Crippen molar-refractivity contribution in [1.29, 1.82) is 0 Å². The minimum absolute atomic E-state index is 0.228. The van der Waals surface area contributed by atoms with Crippen LogP contribution in [0.1, 0.15) is 44.6 Å². The number of halogens is 6. The van der Waals surface area contributed by atoms with Crippen LogP contribution in [0.3, 0.4) is 0 Å². The number of sulfone groups is 1. The van der Waals surface area contributed by atoms with E-state index in [9.17, 15) is 30.4 Å². The average molecular weight is 481 g/mol. The lowest BCUT2D eigenvalue weighted by molar-refractivity contribution is -0.289. The van der Waals surface area contributed by atoms with E-state index in [0.29, 0.717) is 32.0 Å². The molecule has 0 aromatic carbocycles. The number of aromatic nitrogens is 3. The molecule has 0 amide bonds. The van der Waals surface area contributed by atoms with Crippen molar-refractivity contribution in [3.05, 3.63) is 35.8 Å². The summed E-state index contributed by atoms with van der Waals surface area (Å²) in [4.78, 5) is 7.67. The molecule has 32 heavy (non-hydrogen) atoms. The number of pyridine rings is 1. The van der Waals surface area contributed by atoms with Crippen molar-refractivity contribution in [2.45, 2.75) is 55.8 Å². The molecule has 0 fully saturated rings. The second kappa shape index (κ2) is 7.60. The maximum atomic E-state index is 15.0. The molecule has 2 aromatic heterocycles. The van der Waals surface area contributed by atoms with Crippen LogP contribution in [0.25, 0.3) is 17.1 Å². The average Bonchev–Trinajstić information content (AvgIpc) is 3.47. The van der Waals surface area contributed by atoms with E-state index >= 15 is 4.39 Å². The summed E-state index contributed by atoms with van der Waals surface area (Å²) < 4.78 is 110. The predicted octanol–water partition coefficient (Wildman–Crippen LogP) is 5.09. The topological polar surface area (TPSA) is 64.8 Å². The van der Waals surface area contributed by atoms with Gasteiger partial charge in [0, 0.05) is 13.2 Å². The van der Waals surface area contributed by atoms with Gasteiger partial charge in [0.1, 0.15) is 5.69 Å². The summed E-state index contributed by atoms with van der Waals surface area (Å²) in [6.45, 7) is 1.99. The van der Waals surface area contributed by atoms with Crippen molar-refractivity contribution >= 4 is 15.4 Å². The highest BCUT2D eigenvalue weighted by molar-refractivity contribution is 7.91. The van der Waals surface area contributed by atoms with Crippen molar-refractivity contribution in [3.63, 3.8) is 0 Å². The molecule has 0 radical (unpaired) electrons. The number of nitrogens with zero attached hydrogens (tertiary/aromatic N) is 3. The van der Waals surface area contributed by atoms with Gasteiger partial charge in [-0.3, -0.25) is 4.98 Å². The number of imidazole rings is 1. The van der Waals surface area contributed by atoms with Gasteiger partial charge in [0.15, 0.2) is 27.5 Å². The summed E-state index contributed by atoms with van der Waals surface area (Å²) in [5.41, 5.74) is -8.21. The zero-order chi connectivity index (χ0) is 24.3. The van der Waals surface area contributed by atoms with Gasteiger partial charge in [-0.1, -0.05) is 13.0 Å². The number of hydrogen-bond acceptors (Lipinski definition) is 4. The predicted molar refractivity (Wildman–Crippen MR) is 106 cm³/mol. The summed E-state index contributed by atoms with van der Waals surface area (Å²) in [5.74, 6) is -0.600. The molecule has 2 heterocycles. The Morgan fingerprint density at radius 1 is 1.12 bits per heavy atom. The Labute approximate surface area is 181 Å². The fourth-order valence-electron chi connectivity index (χ4n) is 3.33. The Balaban J connectivity index is 2.17. The number of allylic oxidation sites excluding steroid dienone is 2. The third-order valence-electron chi connectivity index (χ3n) is 5.47. The van der Waals surface area contributed by atoms with E-state index in [-0.39, 0.29) is 22.2 Å². The zero-order valence-corrected chi connectivity index (χ0v) is 18.5. The normalized spacial score (nSPS) is 17.6. The molecule has 5 nitrogen and oxygen atoms in total. The van der Waals surface area contributed by atoms with Crippen molar-refractivity contribution in [3.8, 4) is 11.5 Å². The standard InChI is InChI=1S/C20H21F6N3O2S/c1-5-32(30,31)14-8-12(11-6-7-11)9-27-15(14)17-28-10-13(29(17)4)16(21)19(23,18(2,3)22)20(24,25)26/h6,8-10,16H,5,7H2,1-4H3/t16-,19?/m1/s1. The largest absolute Gasteiger partial charge is 0.429 e. The molecule has 1 unspecified atom stereocenters. The summed E-state index contributed by atoms with van der Waals surface area (Å²) in [5, 5.41) is 0. The van der Waals surface area contributed by atoms with Gasteiger partial charge in [0.25, 0.3) is 5.67 Å². The van der Waals surface area contributed by atoms with E-state index in [1.807, 2.05) is 6.08 Å². The van der Waals surface area contributed by atoms with Crippen molar-refractivity contribution in [1.82, 2.24) is 14.5 Å². The van der Waals surface area contributed by atoms with Gasteiger partial charge in [0.05, 0.1) is 22.5 Å². The second-order valence-electron chi connectivity index (χ2n) is 8.02. The Bertz CT molecular complexity index is 1160. The lowest BCUT2D eigenvalue weighted by atomic mass is 9.83. The van der Waals surface area contributed by atoms with Crippen LogP contribution in [0.2, 0.25) is 0 Å². The smallest absolute Gasteiger partial charge is 0.327 e. The molecule has 1 aliphatic carbocycles. The highest BCUT2D eigenvalue weighted by Crippen LogP contribution is 2.53. The molecule has 3 rings (SSSR count). The molecular formula is C20H21F6N3O2S. The van der Waals surface area contributed by atoms with E-state index in [4.69, 9.17) is 0 Å². The maximum Gasteiger partial charge on any atom is 0.429 e. The Hall–Kier alpha value is -2.37. The zero-order valence-electron chi connectivity index (χ0n) is 17.6. The van der Waals surface area contributed by atoms with E-state index in [1.165, 1.54) is 19.2 Å². The molecule has 12 heteroatoms. The van der Waals surface area contributed by atoms with Crippen molar-refractivity contribution in [2.75, 3.05) is 5.75 Å². The number of alkyl halides is 6. The Kier molecular flexibility index (Phi) is 5.76. The molecule has 2 atom stereocenters.